The summed E-state index contributed by atoms with van der Waals surface area (Å²) in [6.45, 7) is 18.0. The van der Waals surface area contributed by atoms with Gasteiger partial charge in [-0.3, -0.25) is 23.5 Å². The first-order chi connectivity index (χ1) is 27.6. The number of rotatable bonds is 17. The zero-order chi connectivity index (χ0) is 41.8. The van der Waals surface area contributed by atoms with Crippen LogP contribution in [0.2, 0.25) is 0 Å². The fourth-order valence-corrected chi connectivity index (χ4v) is 8.24. The Bertz CT molecular complexity index is 2540. The van der Waals surface area contributed by atoms with E-state index in [4.69, 9.17) is 4.99 Å². The summed E-state index contributed by atoms with van der Waals surface area (Å²) in [7, 11) is 0. The normalized spacial score (nSPS) is 12.8. The molecule has 4 aromatic rings. The van der Waals surface area contributed by atoms with Gasteiger partial charge in [0.1, 0.15) is 0 Å². The van der Waals surface area contributed by atoms with Crippen LogP contribution in [0.5, 0.6) is 5.88 Å². The zero-order valence-corrected chi connectivity index (χ0v) is 36.2. The molecule has 0 atom stereocenters. The first-order valence-electron chi connectivity index (χ1n) is 21.8. The number of aromatic hydroxyl groups is 1. The summed E-state index contributed by atoms with van der Waals surface area (Å²) in [4.78, 5) is 49.2. The summed E-state index contributed by atoms with van der Waals surface area (Å²) in [5, 5.41) is 17.4. The van der Waals surface area contributed by atoms with E-state index in [1.165, 1.54) is 21.1 Å². The van der Waals surface area contributed by atoms with Crippen molar-refractivity contribution in [3.05, 3.63) is 108 Å². The van der Waals surface area contributed by atoms with Crippen LogP contribution >= 0.6 is 0 Å². The lowest BCUT2D eigenvalue weighted by molar-refractivity contribution is 0.406. The lowest BCUT2D eigenvalue weighted by atomic mass is 9.87. The molecule has 0 radical (unpaired) electrons. The lowest BCUT2D eigenvalue weighted by Crippen LogP contribution is -2.37. The number of benzene rings is 4. The highest BCUT2D eigenvalue weighted by molar-refractivity contribution is 6.19. The molecule has 2 heterocycles. The van der Waals surface area contributed by atoms with Crippen LogP contribution < -0.4 is 27.4 Å². The third kappa shape index (κ3) is 9.01. The molecule has 2 N–H and O–H groups in total. The van der Waals surface area contributed by atoms with Gasteiger partial charge >= 0.3 is 0 Å². The topological polar surface area (TPSA) is 106 Å². The zero-order valence-electron chi connectivity index (χ0n) is 36.2. The Labute approximate surface area is 343 Å². The van der Waals surface area contributed by atoms with Crippen LogP contribution in [0.4, 0.5) is 17.1 Å². The fourth-order valence-electron chi connectivity index (χ4n) is 8.24. The van der Waals surface area contributed by atoms with E-state index in [1.807, 2.05) is 36.4 Å². The Morgan fingerprint density at radius 2 is 1.09 bits per heavy atom. The van der Waals surface area contributed by atoms with Crippen molar-refractivity contribution in [2.75, 3.05) is 5.32 Å². The highest BCUT2D eigenvalue weighted by atomic mass is 16.3. The van der Waals surface area contributed by atoms with Crippen molar-refractivity contribution in [2.24, 2.45) is 4.99 Å². The summed E-state index contributed by atoms with van der Waals surface area (Å²) in [6, 6.07) is 19.6. The second-order valence-corrected chi connectivity index (χ2v) is 18.4. The van der Waals surface area contributed by atoms with Gasteiger partial charge in [0.15, 0.2) is 0 Å². The average molecular weight is 785 g/mol. The van der Waals surface area contributed by atoms with Crippen LogP contribution in [0.25, 0.3) is 32.7 Å². The Balaban J connectivity index is 1.64. The molecule has 58 heavy (non-hydrogen) atoms. The molecule has 6 rings (SSSR count). The van der Waals surface area contributed by atoms with Crippen LogP contribution in [0.3, 0.4) is 0 Å². The van der Waals surface area contributed by atoms with Gasteiger partial charge in [-0.25, -0.2) is 4.99 Å². The standard InChI is InChI=1S/C50H64N4O4/c1-9-11-13-15-17-19-29-53-45(55)37-31-40(52-36-27-23-34(24-28-36)50(6,7)8)44-42-38(46(56)54(48(44)58)30-20-18-16-14-12-10-2)32-39(43(41(37)42)47(53)57)51-35-25-21-33(22-26-35)49(3,4)5/h21-28,31-32,51,56H,9-20,29-30H2,1-8H3. The summed E-state index contributed by atoms with van der Waals surface area (Å²) in [5.74, 6) is -0.171. The van der Waals surface area contributed by atoms with E-state index in [9.17, 15) is 19.5 Å². The number of hydrogen-bond donors (Lipinski definition) is 2. The Morgan fingerprint density at radius 3 is 1.64 bits per heavy atom. The van der Waals surface area contributed by atoms with Crippen LogP contribution in [0.1, 0.15) is 144 Å². The van der Waals surface area contributed by atoms with Gasteiger partial charge in [0.25, 0.3) is 16.7 Å². The third-order valence-electron chi connectivity index (χ3n) is 11.8. The molecule has 0 saturated heterocycles. The highest BCUT2D eigenvalue weighted by Gasteiger charge is 2.29. The molecular weight excluding hydrogens is 721 g/mol. The summed E-state index contributed by atoms with van der Waals surface area (Å²) >= 11 is 0. The van der Waals surface area contributed by atoms with Gasteiger partial charge < -0.3 is 10.4 Å². The molecule has 1 aliphatic carbocycles. The number of hydrogen-bond acceptors (Lipinski definition) is 6. The van der Waals surface area contributed by atoms with Gasteiger partial charge in [-0.1, -0.05) is 144 Å². The van der Waals surface area contributed by atoms with Crippen molar-refractivity contribution in [3.63, 3.8) is 0 Å². The van der Waals surface area contributed by atoms with Gasteiger partial charge in [-0.15, -0.1) is 0 Å². The second-order valence-electron chi connectivity index (χ2n) is 18.4. The van der Waals surface area contributed by atoms with Gasteiger partial charge in [0.05, 0.1) is 33.1 Å². The molecule has 8 heteroatoms. The maximum Gasteiger partial charge on any atom is 0.263 e. The number of unbranched alkanes of at least 4 members (excludes halogenated alkanes) is 10. The molecule has 0 amide bonds. The number of anilines is 2. The van der Waals surface area contributed by atoms with Crippen LogP contribution in [-0.2, 0) is 23.9 Å². The SMILES string of the molecule is CCCCCCCCn1c(O)c2cc(Nc3ccc(C(C)(C)C)cc3)c3c4c2c(c(=Nc2ccc(C(C)(C)C)cc2)cc-4c(=O)n(CCCCCCCC)c3=O)c1=O. The van der Waals surface area contributed by atoms with Crippen molar-refractivity contribution in [1.29, 1.82) is 0 Å². The van der Waals surface area contributed by atoms with E-state index < -0.39 is 11.1 Å². The van der Waals surface area contributed by atoms with E-state index in [0.717, 1.165) is 75.5 Å². The monoisotopic (exact) mass is 784 g/mol. The number of nitrogens with one attached hydrogen (secondary N) is 1. The first kappa shape index (κ1) is 42.6. The highest BCUT2D eigenvalue weighted by Crippen LogP contribution is 2.42. The molecule has 0 bridgehead atoms. The predicted octanol–water partition coefficient (Wildman–Crippen LogP) is 11.7. The van der Waals surface area contributed by atoms with Crippen LogP contribution in [-0.4, -0.2) is 14.2 Å². The Kier molecular flexibility index (Phi) is 13.1. The smallest absolute Gasteiger partial charge is 0.263 e. The third-order valence-corrected chi connectivity index (χ3v) is 11.8. The van der Waals surface area contributed by atoms with Crippen LogP contribution in [0.15, 0.2) is 80.0 Å². The molecule has 3 aromatic carbocycles. The van der Waals surface area contributed by atoms with Gasteiger partial charge in [-0.2, -0.15) is 0 Å². The summed E-state index contributed by atoms with van der Waals surface area (Å²) < 4.78 is 2.83. The predicted molar refractivity (Wildman–Crippen MR) is 242 cm³/mol. The number of pyridine rings is 2. The number of nitrogens with zero attached hydrogens (tertiary/aromatic N) is 3. The minimum Gasteiger partial charge on any atom is -0.494 e. The van der Waals surface area contributed by atoms with Crippen molar-refractivity contribution >= 4 is 38.6 Å². The first-order valence-corrected chi connectivity index (χ1v) is 21.8. The fraction of sp³-hybridized carbons (Fsp3) is 0.480. The Morgan fingerprint density at radius 1 is 0.586 bits per heavy atom. The average Bonchev–Trinajstić information content (AvgIpc) is 3.18. The maximum absolute atomic E-state index is 14.8. The van der Waals surface area contributed by atoms with Crippen molar-refractivity contribution in [1.82, 2.24) is 9.13 Å². The van der Waals surface area contributed by atoms with Crippen molar-refractivity contribution < 1.29 is 5.11 Å². The van der Waals surface area contributed by atoms with Gasteiger partial charge in [0, 0.05) is 35.1 Å². The molecule has 0 fully saturated rings. The molecule has 8 nitrogen and oxygen atoms in total. The van der Waals surface area contributed by atoms with Crippen LogP contribution in [0, 0.1) is 0 Å². The molecule has 0 unspecified atom stereocenters. The quantitative estimate of drug-likeness (QED) is 0.0708. The second kappa shape index (κ2) is 17.9. The molecule has 308 valence electrons. The lowest BCUT2D eigenvalue weighted by Gasteiger charge is -2.23. The molecule has 0 saturated carbocycles. The minimum atomic E-state index is -0.406. The summed E-state index contributed by atoms with van der Waals surface area (Å²) in [5.41, 5.74) is 3.63. The van der Waals surface area contributed by atoms with Gasteiger partial charge in [-0.05, 0) is 71.2 Å². The number of aromatic nitrogens is 2. The maximum atomic E-state index is 14.8. The van der Waals surface area contributed by atoms with Crippen molar-refractivity contribution in [3.8, 4) is 17.0 Å². The largest absolute Gasteiger partial charge is 0.494 e. The van der Waals surface area contributed by atoms with E-state index >= 15 is 0 Å². The Hall–Kier alpha value is -4.98. The molecule has 1 aromatic heterocycles. The van der Waals surface area contributed by atoms with Gasteiger partial charge in [0.2, 0.25) is 5.88 Å². The van der Waals surface area contributed by atoms with E-state index in [1.54, 1.807) is 12.1 Å². The molecule has 2 aliphatic rings. The molecule has 1 aliphatic heterocycles. The minimum absolute atomic E-state index is 0.0412. The van der Waals surface area contributed by atoms with E-state index in [2.05, 4.69) is 72.8 Å². The molecule has 0 spiro atoms. The molecular formula is C50H64N4O4. The summed E-state index contributed by atoms with van der Waals surface area (Å²) in [6.07, 6.45) is 12.3. The van der Waals surface area contributed by atoms with E-state index in [0.29, 0.717) is 62.4 Å². The van der Waals surface area contributed by atoms with Crippen molar-refractivity contribution in [2.45, 2.75) is 156 Å². The van der Waals surface area contributed by atoms with E-state index in [-0.39, 0.29) is 28.8 Å².